The lowest BCUT2D eigenvalue weighted by Gasteiger charge is -2.29. The van der Waals surface area contributed by atoms with E-state index in [0.717, 1.165) is 38.7 Å². The molecule has 1 aliphatic heterocycles. The van der Waals surface area contributed by atoms with Gasteiger partial charge in [-0.2, -0.15) is 0 Å². The number of ketones is 1. The molecule has 1 saturated heterocycles. The zero-order chi connectivity index (χ0) is 26.6. The highest BCUT2D eigenvalue weighted by Crippen LogP contribution is 2.32. The normalized spacial score (nSPS) is 16.3. The number of carbonyl (C=O) groups is 1. The van der Waals surface area contributed by atoms with Crippen molar-refractivity contribution in [2.24, 2.45) is 0 Å². The number of carbonyl (C=O) groups excluding carboxylic acids is 1. The van der Waals surface area contributed by atoms with Gasteiger partial charge in [0.2, 0.25) is 0 Å². The fraction of sp³-hybridized carbons (Fsp3) is 0.235. The maximum atomic E-state index is 13.7. The number of nitrogens with zero attached hydrogens (tertiary/aromatic N) is 2. The van der Waals surface area contributed by atoms with Crippen LogP contribution in [0, 0.1) is 0 Å². The first kappa shape index (κ1) is 25.9. The topological polar surface area (TPSA) is 33.2 Å². The van der Waals surface area contributed by atoms with E-state index < -0.39 is 0 Å². The van der Waals surface area contributed by atoms with Crippen LogP contribution in [0.15, 0.2) is 95.4 Å². The molecule has 0 radical (unpaired) electrons. The van der Waals surface area contributed by atoms with E-state index in [1.807, 2.05) is 30.4 Å². The van der Waals surface area contributed by atoms with Gasteiger partial charge in [0, 0.05) is 35.2 Å². The van der Waals surface area contributed by atoms with Crippen LogP contribution in [0.3, 0.4) is 0 Å². The molecule has 0 amide bonds. The van der Waals surface area contributed by atoms with E-state index in [4.69, 9.17) is 4.98 Å². The molecule has 5 rings (SSSR count). The Morgan fingerprint density at radius 2 is 1.24 bits per heavy atom. The fourth-order valence-electron chi connectivity index (χ4n) is 4.68. The maximum Gasteiger partial charge on any atom is 0.188 e. The molecule has 0 bridgehead atoms. The Kier molecular flexibility index (Phi) is 7.71. The van der Waals surface area contributed by atoms with Crippen molar-refractivity contribution < 1.29 is 4.79 Å². The fourth-order valence-corrected chi connectivity index (χ4v) is 5.52. The molecule has 4 heteroatoms. The first-order chi connectivity index (χ1) is 18.4. The van der Waals surface area contributed by atoms with Crippen LogP contribution in [0.4, 0.5) is 5.13 Å². The lowest BCUT2D eigenvalue weighted by atomic mass is 9.93. The quantitative estimate of drug-likeness (QED) is 0.240. The van der Waals surface area contributed by atoms with E-state index in [0.29, 0.717) is 24.9 Å². The number of hydrogen-bond donors (Lipinski definition) is 0. The Hall–Kier alpha value is -3.76. The SMILES string of the molecule is CC(C)c1ccc(/C=C2\CN(c3nc(-c4ccccc4)cs3)C/C(=C\c3ccc(C(C)C)cc3)C2=O)cc1. The van der Waals surface area contributed by atoms with Gasteiger partial charge in [0.05, 0.1) is 5.69 Å². The van der Waals surface area contributed by atoms with Crippen molar-refractivity contribution >= 4 is 34.4 Å². The van der Waals surface area contributed by atoms with E-state index >= 15 is 0 Å². The number of hydrogen-bond acceptors (Lipinski definition) is 4. The monoisotopic (exact) mass is 518 g/mol. The van der Waals surface area contributed by atoms with Gasteiger partial charge >= 0.3 is 0 Å². The zero-order valence-corrected chi connectivity index (χ0v) is 23.3. The van der Waals surface area contributed by atoms with E-state index in [1.165, 1.54) is 11.1 Å². The first-order valence-corrected chi connectivity index (χ1v) is 14.2. The van der Waals surface area contributed by atoms with Crippen molar-refractivity contribution in [2.45, 2.75) is 39.5 Å². The van der Waals surface area contributed by atoms with Crippen LogP contribution in [0.5, 0.6) is 0 Å². The molecule has 0 spiro atoms. The number of benzene rings is 3. The second-order valence-corrected chi connectivity index (χ2v) is 11.4. The molecule has 0 N–H and O–H groups in total. The molecule has 38 heavy (non-hydrogen) atoms. The van der Waals surface area contributed by atoms with E-state index in [9.17, 15) is 4.79 Å². The summed E-state index contributed by atoms with van der Waals surface area (Å²) in [5.74, 6) is 1.06. The Bertz CT molecular complexity index is 1390. The van der Waals surface area contributed by atoms with Crippen LogP contribution < -0.4 is 4.90 Å². The van der Waals surface area contributed by atoms with Crippen molar-refractivity contribution in [3.05, 3.63) is 118 Å². The molecule has 192 valence electrons. The van der Waals surface area contributed by atoms with E-state index in [1.54, 1.807) is 11.3 Å². The summed E-state index contributed by atoms with van der Waals surface area (Å²) in [7, 11) is 0. The Morgan fingerprint density at radius 1 is 0.737 bits per heavy atom. The molecule has 0 atom stereocenters. The van der Waals surface area contributed by atoms with E-state index in [-0.39, 0.29) is 5.78 Å². The molecular formula is C34H34N2OS. The van der Waals surface area contributed by atoms with Crippen LogP contribution in [-0.4, -0.2) is 23.9 Å². The summed E-state index contributed by atoms with van der Waals surface area (Å²) < 4.78 is 0. The molecule has 3 aromatic carbocycles. The minimum absolute atomic E-state index is 0.113. The highest BCUT2D eigenvalue weighted by atomic mass is 32.1. The molecule has 2 heterocycles. The number of anilines is 1. The van der Waals surface area contributed by atoms with Crippen molar-refractivity contribution in [3.8, 4) is 11.3 Å². The van der Waals surface area contributed by atoms with Crippen molar-refractivity contribution in [1.82, 2.24) is 4.98 Å². The minimum atomic E-state index is 0.113. The summed E-state index contributed by atoms with van der Waals surface area (Å²) in [5, 5.41) is 3.03. The van der Waals surface area contributed by atoms with Crippen LogP contribution in [0.1, 0.15) is 61.8 Å². The van der Waals surface area contributed by atoms with Gasteiger partial charge in [-0.15, -0.1) is 11.3 Å². The predicted molar refractivity (Wildman–Crippen MR) is 162 cm³/mol. The van der Waals surface area contributed by atoms with Crippen LogP contribution in [-0.2, 0) is 4.79 Å². The second kappa shape index (κ2) is 11.3. The van der Waals surface area contributed by atoms with Gasteiger partial charge < -0.3 is 4.90 Å². The Labute approximate surface area is 230 Å². The second-order valence-electron chi connectivity index (χ2n) is 10.5. The first-order valence-electron chi connectivity index (χ1n) is 13.3. The summed E-state index contributed by atoms with van der Waals surface area (Å²) in [5.41, 5.74) is 8.33. The summed E-state index contributed by atoms with van der Waals surface area (Å²) in [6.07, 6.45) is 4.08. The number of thiazole rings is 1. The van der Waals surface area contributed by atoms with Crippen LogP contribution in [0.2, 0.25) is 0 Å². The van der Waals surface area contributed by atoms with Gasteiger partial charge in [-0.05, 0) is 46.2 Å². The van der Waals surface area contributed by atoms with E-state index in [2.05, 4.69) is 98.6 Å². The number of rotatable bonds is 6. The Balaban J connectivity index is 1.50. The standard InChI is InChI=1S/C34H34N2OS/c1-23(2)27-14-10-25(11-15-27)18-30-20-36(34-35-32(22-38-34)29-8-6-5-7-9-29)21-31(33(30)37)19-26-12-16-28(17-13-26)24(3)4/h5-19,22-24H,20-21H2,1-4H3/b30-18+,31-19+. The molecule has 3 nitrogen and oxygen atoms in total. The summed E-state index contributed by atoms with van der Waals surface area (Å²) >= 11 is 1.63. The van der Waals surface area contributed by atoms with Crippen molar-refractivity contribution in [3.63, 3.8) is 0 Å². The van der Waals surface area contributed by atoms with Gasteiger partial charge in [-0.3, -0.25) is 4.79 Å². The van der Waals surface area contributed by atoms with Crippen molar-refractivity contribution in [2.75, 3.05) is 18.0 Å². The van der Waals surface area contributed by atoms with Gasteiger partial charge in [0.25, 0.3) is 0 Å². The van der Waals surface area contributed by atoms with Gasteiger partial charge in [0.1, 0.15) is 0 Å². The molecule has 1 aliphatic rings. The number of Topliss-reactive ketones (excluding diaryl/α,β-unsaturated/α-hetero) is 1. The summed E-state index contributed by atoms with van der Waals surface area (Å²) in [6, 6.07) is 27.3. The smallest absolute Gasteiger partial charge is 0.188 e. The van der Waals surface area contributed by atoms with Gasteiger partial charge in [0.15, 0.2) is 10.9 Å². The largest absolute Gasteiger partial charge is 0.339 e. The van der Waals surface area contributed by atoms with Crippen LogP contribution >= 0.6 is 11.3 Å². The van der Waals surface area contributed by atoms with Crippen molar-refractivity contribution in [1.29, 1.82) is 0 Å². The molecule has 4 aromatic rings. The molecule has 0 saturated carbocycles. The molecule has 1 fully saturated rings. The third-order valence-corrected chi connectivity index (χ3v) is 7.93. The lowest BCUT2D eigenvalue weighted by Crippen LogP contribution is -2.37. The molecule has 0 aliphatic carbocycles. The summed E-state index contributed by atoms with van der Waals surface area (Å²) in [4.78, 5) is 20.9. The van der Waals surface area contributed by atoms with Crippen LogP contribution in [0.25, 0.3) is 23.4 Å². The van der Waals surface area contributed by atoms with Gasteiger partial charge in [-0.25, -0.2) is 4.98 Å². The number of aromatic nitrogens is 1. The average molecular weight is 519 g/mol. The third-order valence-electron chi connectivity index (χ3n) is 7.03. The third kappa shape index (κ3) is 5.87. The van der Waals surface area contributed by atoms with Gasteiger partial charge in [-0.1, -0.05) is 107 Å². The maximum absolute atomic E-state index is 13.7. The zero-order valence-electron chi connectivity index (χ0n) is 22.5. The minimum Gasteiger partial charge on any atom is -0.339 e. The average Bonchev–Trinajstić information content (AvgIpc) is 3.42. The summed E-state index contributed by atoms with van der Waals surface area (Å²) in [6.45, 7) is 9.85. The highest BCUT2D eigenvalue weighted by Gasteiger charge is 2.28. The lowest BCUT2D eigenvalue weighted by molar-refractivity contribution is -0.112. The predicted octanol–water partition coefficient (Wildman–Crippen LogP) is 8.61. The Morgan fingerprint density at radius 3 is 1.71 bits per heavy atom. The molecular weight excluding hydrogens is 484 g/mol. The highest BCUT2D eigenvalue weighted by molar-refractivity contribution is 7.14. The molecule has 1 aromatic heterocycles. The molecule has 0 unspecified atom stereocenters. The number of piperidine rings is 1.